The highest BCUT2D eigenvalue weighted by Gasteiger charge is 2.51. The number of aromatic nitrogens is 3. The van der Waals surface area contributed by atoms with Gasteiger partial charge in [0.2, 0.25) is 0 Å². The smallest absolute Gasteiger partial charge is 0.317 e. The molecule has 8 heteroatoms. The fourth-order valence-electron chi connectivity index (χ4n) is 4.80. The predicted molar refractivity (Wildman–Crippen MR) is 120 cm³/mol. The van der Waals surface area contributed by atoms with Crippen molar-refractivity contribution in [3.63, 3.8) is 0 Å². The Morgan fingerprint density at radius 2 is 2.09 bits per heavy atom. The lowest BCUT2D eigenvalue weighted by Gasteiger charge is -2.47. The van der Waals surface area contributed by atoms with E-state index in [0.29, 0.717) is 18.7 Å². The van der Waals surface area contributed by atoms with E-state index < -0.39 is 0 Å². The molecule has 0 radical (unpaired) electrons. The maximum Gasteiger partial charge on any atom is 0.317 e. The van der Waals surface area contributed by atoms with Crippen molar-refractivity contribution in [3.05, 3.63) is 65.5 Å². The van der Waals surface area contributed by atoms with Crippen LogP contribution in [0.25, 0.3) is 11.3 Å². The van der Waals surface area contributed by atoms with E-state index in [1.54, 1.807) is 12.3 Å². The van der Waals surface area contributed by atoms with Gasteiger partial charge in [-0.15, -0.1) is 0 Å². The number of carbonyl (C=O) groups excluding carboxylic acids is 1. The van der Waals surface area contributed by atoms with E-state index in [2.05, 4.69) is 29.4 Å². The average molecular weight is 428 g/mol. The first-order valence-corrected chi connectivity index (χ1v) is 10.9. The third kappa shape index (κ3) is 3.26. The second-order valence-corrected chi connectivity index (χ2v) is 8.61. The van der Waals surface area contributed by atoms with Gasteiger partial charge in [0.1, 0.15) is 11.9 Å². The van der Waals surface area contributed by atoms with Gasteiger partial charge < -0.3 is 16.0 Å². The van der Waals surface area contributed by atoms with Crippen LogP contribution in [0.2, 0.25) is 0 Å². The highest BCUT2D eigenvalue weighted by molar-refractivity contribution is 5.76. The van der Waals surface area contributed by atoms with Gasteiger partial charge in [-0.2, -0.15) is 10.4 Å². The minimum absolute atomic E-state index is 0.00769. The Labute approximate surface area is 186 Å². The van der Waals surface area contributed by atoms with Crippen LogP contribution < -0.4 is 11.1 Å². The SMILES string of the molecule is CCC(NC(=O)N1CC2(CCn3nc(-c4cnc(N)c(C#N)c4)cc32)C1)c1ccccc1. The van der Waals surface area contributed by atoms with Crippen LogP contribution in [0.3, 0.4) is 0 Å². The van der Waals surface area contributed by atoms with Crippen LogP contribution >= 0.6 is 0 Å². The summed E-state index contributed by atoms with van der Waals surface area (Å²) in [6.07, 6.45) is 3.46. The lowest BCUT2D eigenvalue weighted by Crippen LogP contribution is -2.62. The molecule has 2 aliphatic rings. The molecule has 2 amide bonds. The minimum atomic E-state index is -0.0592. The van der Waals surface area contributed by atoms with Crippen LogP contribution in [0.4, 0.5) is 10.6 Å². The number of nitriles is 1. The molecule has 4 heterocycles. The zero-order valence-corrected chi connectivity index (χ0v) is 18.0. The average Bonchev–Trinajstić information content (AvgIpc) is 3.36. The highest BCUT2D eigenvalue weighted by atomic mass is 16.2. The third-order valence-electron chi connectivity index (χ3n) is 6.64. The number of aryl methyl sites for hydroxylation is 1. The number of hydrogen-bond donors (Lipinski definition) is 2. The Hall–Kier alpha value is -3.86. The summed E-state index contributed by atoms with van der Waals surface area (Å²) in [7, 11) is 0. The van der Waals surface area contributed by atoms with E-state index >= 15 is 0 Å². The molecule has 2 aliphatic heterocycles. The highest BCUT2D eigenvalue weighted by Crippen LogP contribution is 2.44. The topological polar surface area (TPSA) is 113 Å². The van der Waals surface area contributed by atoms with E-state index in [9.17, 15) is 10.1 Å². The molecule has 32 heavy (non-hydrogen) atoms. The van der Waals surface area contributed by atoms with Crippen LogP contribution in [0, 0.1) is 11.3 Å². The Bertz CT molecular complexity index is 1200. The van der Waals surface area contributed by atoms with Crippen molar-refractivity contribution in [2.75, 3.05) is 18.8 Å². The molecule has 3 N–H and O–H groups in total. The van der Waals surface area contributed by atoms with Gasteiger partial charge in [-0.25, -0.2) is 9.78 Å². The summed E-state index contributed by atoms with van der Waals surface area (Å²) in [5.41, 5.74) is 9.85. The standard InChI is InChI=1S/C24H25N7O/c1-2-19(16-6-4-3-5-7-16)28-23(32)30-14-24(15-30)8-9-31-21(24)11-20(29-31)18-10-17(12-25)22(26)27-13-18/h3-7,10-11,13,19H,2,8-9,14-15H2,1H3,(H2,26,27)(H,28,32). The molecule has 0 saturated carbocycles. The van der Waals surface area contributed by atoms with E-state index in [1.807, 2.05) is 39.9 Å². The van der Waals surface area contributed by atoms with E-state index in [1.165, 1.54) is 0 Å². The van der Waals surface area contributed by atoms with Crippen molar-refractivity contribution in [1.82, 2.24) is 25.0 Å². The van der Waals surface area contributed by atoms with E-state index in [4.69, 9.17) is 10.8 Å². The van der Waals surface area contributed by atoms with Crippen molar-refractivity contribution in [2.24, 2.45) is 0 Å². The number of urea groups is 1. The Kier molecular flexibility index (Phi) is 4.82. The summed E-state index contributed by atoms with van der Waals surface area (Å²) in [4.78, 5) is 18.9. The Morgan fingerprint density at radius 1 is 1.31 bits per heavy atom. The maximum absolute atomic E-state index is 12.9. The summed E-state index contributed by atoms with van der Waals surface area (Å²) in [5, 5.41) is 17.1. The van der Waals surface area contributed by atoms with Gasteiger partial charge in [-0.3, -0.25) is 4.68 Å². The number of nitrogens with zero attached hydrogens (tertiary/aromatic N) is 5. The fraction of sp³-hybridized carbons (Fsp3) is 0.333. The molecular formula is C24H25N7O. The number of fused-ring (bicyclic) bond motifs is 2. The fourth-order valence-corrected chi connectivity index (χ4v) is 4.80. The summed E-state index contributed by atoms with van der Waals surface area (Å²) in [6.45, 7) is 4.26. The first-order chi connectivity index (χ1) is 15.5. The monoisotopic (exact) mass is 427 g/mol. The van der Waals surface area contributed by atoms with Gasteiger partial charge in [0.15, 0.2) is 0 Å². The van der Waals surface area contributed by atoms with Crippen LogP contribution in [-0.4, -0.2) is 38.8 Å². The summed E-state index contributed by atoms with van der Waals surface area (Å²) < 4.78 is 2.02. The third-order valence-corrected chi connectivity index (χ3v) is 6.64. The van der Waals surface area contributed by atoms with Crippen LogP contribution in [-0.2, 0) is 12.0 Å². The van der Waals surface area contributed by atoms with Crippen molar-refractivity contribution in [1.29, 1.82) is 5.26 Å². The minimum Gasteiger partial charge on any atom is -0.383 e. The number of nitrogens with two attached hydrogens (primary N) is 1. The van der Waals surface area contributed by atoms with Crippen molar-refractivity contribution in [2.45, 2.75) is 37.8 Å². The molecule has 1 saturated heterocycles. The lowest BCUT2D eigenvalue weighted by molar-refractivity contribution is 0.0901. The molecular weight excluding hydrogens is 402 g/mol. The van der Waals surface area contributed by atoms with Crippen molar-refractivity contribution in [3.8, 4) is 17.3 Å². The quantitative estimate of drug-likeness (QED) is 0.664. The first kappa shape index (κ1) is 20.1. The van der Waals surface area contributed by atoms with E-state index in [-0.39, 0.29) is 23.3 Å². The molecule has 5 rings (SSSR count). The van der Waals surface area contributed by atoms with Crippen LogP contribution in [0.1, 0.15) is 42.6 Å². The van der Waals surface area contributed by atoms with Gasteiger partial charge in [0, 0.05) is 42.5 Å². The predicted octanol–water partition coefficient (Wildman–Crippen LogP) is 3.22. The number of rotatable bonds is 4. The number of hydrogen-bond acceptors (Lipinski definition) is 5. The number of benzene rings is 1. The van der Waals surface area contributed by atoms with Gasteiger partial charge in [0.05, 0.1) is 17.3 Å². The number of amides is 2. The number of likely N-dealkylation sites (tertiary alicyclic amines) is 1. The summed E-state index contributed by atoms with van der Waals surface area (Å²) in [6, 6.07) is 15.9. The number of nitrogen functional groups attached to an aromatic ring is 1. The van der Waals surface area contributed by atoms with Gasteiger partial charge in [0.25, 0.3) is 0 Å². The summed E-state index contributed by atoms with van der Waals surface area (Å²) >= 11 is 0. The molecule has 2 aromatic heterocycles. The number of nitrogens with one attached hydrogen (secondary N) is 1. The van der Waals surface area contributed by atoms with Crippen molar-refractivity contribution < 1.29 is 4.79 Å². The zero-order valence-electron chi connectivity index (χ0n) is 18.0. The number of carbonyl (C=O) groups is 1. The normalized spacial score (nSPS) is 16.8. The molecule has 3 aromatic rings. The molecule has 0 bridgehead atoms. The molecule has 162 valence electrons. The lowest BCUT2D eigenvalue weighted by atomic mass is 9.76. The Morgan fingerprint density at radius 3 is 2.81 bits per heavy atom. The van der Waals surface area contributed by atoms with E-state index in [0.717, 1.165) is 41.9 Å². The molecule has 8 nitrogen and oxygen atoms in total. The van der Waals surface area contributed by atoms with Gasteiger partial charge >= 0.3 is 6.03 Å². The van der Waals surface area contributed by atoms with Crippen LogP contribution in [0.5, 0.6) is 0 Å². The molecule has 1 aromatic carbocycles. The zero-order chi connectivity index (χ0) is 22.3. The molecule has 0 aliphatic carbocycles. The second kappa shape index (κ2) is 7.68. The first-order valence-electron chi connectivity index (χ1n) is 10.9. The number of pyridine rings is 1. The van der Waals surface area contributed by atoms with Crippen molar-refractivity contribution >= 4 is 11.8 Å². The molecule has 1 atom stereocenters. The molecule has 1 fully saturated rings. The largest absolute Gasteiger partial charge is 0.383 e. The molecule has 1 spiro atoms. The van der Waals surface area contributed by atoms with Gasteiger partial charge in [-0.05, 0) is 30.5 Å². The van der Waals surface area contributed by atoms with Gasteiger partial charge in [-0.1, -0.05) is 37.3 Å². The second-order valence-electron chi connectivity index (χ2n) is 8.61. The number of anilines is 1. The molecule has 1 unspecified atom stereocenters. The summed E-state index contributed by atoms with van der Waals surface area (Å²) in [5.74, 6) is 0.223. The maximum atomic E-state index is 12.9. The Balaban J connectivity index is 1.30. The van der Waals surface area contributed by atoms with Crippen LogP contribution in [0.15, 0.2) is 48.7 Å².